The van der Waals surface area contributed by atoms with E-state index in [-0.39, 0.29) is 47.4 Å². The lowest BCUT2D eigenvalue weighted by atomic mass is 9.85. The van der Waals surface area contributed by atoms with E-state index in [0.717, 1.165) is 25.0 Å². The van der Waals surface area contributed by atoms with Crippen molar-refractivity contribution in [1.29, 1.82) is 0 Å². The van der Waals surface area contributed by atoms with Crippen molar-refractivity contribution in [3.8, 4) is 0 Å². The molecule has 3 aliphatic heterocycles. The molecule has 3 aliphatic rings. The zero-order valence-corrected chi connectivity index (χ0v) is 21.9. The van der Waals surface area contributed by atoms with Crippen molar-refractivity contribution >= 4 is 11.9 Å². The van der Waals surface area contributed by atoms with Crippen LogP contribution in [0.4, 0.5) is 0 Å². The second kappa shape index (κ2) is 11.8. The number of esters is 1. The predicted octanol–water partition coefficient (Wildman–Crippen LogP) is 3.61. The number of rotatable bonds is 9. The number of carbonyl (C=O) groups is 2. The van der Waals surface area contributed by atoms with Gasteiger partial charge in [0.15, 0.2) is 6.29 Å². The zero-order valence-electron chi connectivity index (χ0n) is 21.9. The molecule has 3 heterocycles. The van der Waals surface area contributed by atoms with Crippen LogP contribution >= 0.6 is 0 Å². The van der Waals surface area contributed by atoms with Gasteiger partial charge in [-0.25, -0.2) is 0 Å². The molecule has 0 aliphatic carbocycles. The van der Waals surface area contributed by atoms with Crippen LogP contribution in [-0.4, -0.2) is 67.4 Å². The third kappa shape index (κ3) is 9.18. The Bertz CT molecular complexity index is 826. The number of amides is 1. The summed E-state index contributed by atoms with van der Waals surface area (Å²) < 4.78 is 28.6. The molecule has 3 rings (SSSR count). The fraction of sp³-hybridized carbons (Fsp3) is 0.704. The third-order valence-electron chi connectivity index (χ3n) is 6.16. The maximum Gasteiger partial charge on any atom is 0.308 e. The molecule has 3 atom stereocenters. The molecule has 1 amide bonds. The molecule has 0 radical (unpaired) electrons. The lowest BCUT2D eigenvalue weighted by molar-refractivity contribution is -0.187. The van der Waals surface area contributed by atoms with Gasteiger partial charge in [0, 0.05) is 25.3 Å². The standard InChI is InChI=1S/C27H41NO7/c1-18(2)25(30)34-20(4)9-11-23(29)28-21-14-31-24(32-15-21)12-8-19(3)7-10-22-13-27(17-33-27)16-26(5,6)35-22/h7-11,18,20-22,24H,12-17H2,1-6H3,(H,28,29)/b10-7+,11-9-,19-8+/t20-,21-,22+,24+,27+/m0/s1. The molecule has 3 saturated heterocycles. The highest BCUT2D eigenvalue weighted by Gasteiger charge is 2.53. The maximum atomic E-state index is 12.1. The molecule has 3 fully saturated rings. The number of hydrogen-bond donors (Lipinski definition) is 1. The van der Waals surface area contributed by atoms with Crippen molar-refractivity contribution in [2.45, 2.75) is 96.5 Å². The van der Waals surface area contributed by atoms with Crippen molar-refractivity contribution < 1.29 is 33.3 Å². The normalized spacial score (nSPS) is 31.7. The van der Waals surface area contributed by atoms with Gasteiger partial charge in [-0.15, -0.1) is 0 Å². The van der Waals surface area contributed by atoms with Crippen LogP contribution in [0.15, 0.2) is 36.0 Å². The van der Waals surface area contributed by atoms with E-state index in [0.29, 0.717) is 19.6 Å². The predicted molar refractivity (Wildman–Crippen MR) is 132 cm³/mol. The fourth-order valence-corrected chi connectivity index (χ4v) is 4.34. The highest BCUT2D eigenvalue weighted by Crippen LogP contribution is 2.46. The van der Waals surface area contributed by atoms with Gasteiger partial charge in [-0.3, -0.25) is 9.59 Å². The Kier molecular flexibility index (Phi) is 9.32. The molecule has 8 heteroatoms. The molecule has 1 N–H and O–H groups in total. The zero-order chi connectivity index (χ0) is 25.6. The van der Waals surface area contributed by atoms with E-state index in [1.165, 1.54) is 6.08 Å². The molecule has 0 bridgehead atoms. The van der Waals surface area contributed by atoms with Crippen LogP contribution in [0.5, 0.6) is 0 Å². The molecule has 35 heavy (non-hydrogen) atoms. The number of hydrogen-bond acceptors (Lipinski definition) is 7. The Hall–Kier alpha value is -2.00. The molecule has 0 aromatic heterocycles. The van der Waals surface area contributed by atoms with E-state index in [2.05, 4.69) is 37.4 Å². The van der Waals surface area contributed by atoms with Gasteiger partial charge in [-0.2, -0.15) is 0 Å². The van der Waals surface area contributed by atoms with Gasteiger partial charge >= 0.3 is 5.97 Å². The van der Waals surface area contributed by atoms with E-state index in [1.807, 2.05) is 6.92 Å². The molecular formula is C27H41NO7. The second-order valence-electron chi connectivity index (χ2n) is 10.8. The van der Waals surface area contributed by atoms with Crippen LogP contribution in [-0.2, 0) is 33.3 Å². The molecule has 0 aromatic carbocycles. The van der Waals surface area contributed by atoms with Crippen molar-refractivity contribution in [3.05, 3.63) is 36.0 Å². The number of allylic oxidation sites excluding steroid dienone is 2. The summed E-state index contributed by atoms with van der Waals surface area (Å²) in [6, 6.07) is -0.231. The quantitative estimate of drug-likeness (QED) is 0.228. The lowest BCUT2D eigenvalue weighted by Gasteiger charge is -2.38. The van der Waals surface area contributed by atoms with Crippen molar-refractivity contribution in [2.24, 2.45) is 5.92 Å². The van der Waals surface area contributed by atoms with Crippen LogP contribution in [0.2, 0.25) is 0 Å². The Labute approximate surface area is 209 Å². The van der Waals surface area contributed by atoms with Gasteiger partial charge in [0.05, 0.1) is 49.1 Å². The smallest absolute Gasteiger partial charge is 0.308 e. The summed E-state index contributed by atoms with van der Waals surface area (Å²) in [5.74, 6) is -0.780. The Balaban J connectivity index is 1.35. The summed E-state index contributed by atoms with van der Waals surface area (Å²) in [5, 5.41) is 2.84. The molecule has 196 valence electrons. The summed E-state index contributed by atoms with van der Waals surface area (Å²) >= 11 is 0. The van der Waals surface area contributed by atoms with E-state index in [1.54, 1.807) is 26.8 Å². The summed E-state index contributed by atoms with van der Waals surface area (Å²) in [7, 11) is 0. The number of nitrogens with one attached hydrogen (secondary N) is 1. The molecule has 8 nitrogen and oxygen atoms in total. The van der Waals surface area contributed by atoms with E-state index >= 15 is 0 Å². The van der Waals surface area contributed by atoms with Gasteiger partial charge in [0.25, 0.3) is 0 Å². The Morgan fingerprint density at radius 2 is 1.83 bits per heavy atom. The first-order chi connectivity index (χ1) is 16.5. The van der Waals surface area contributed by atoms with E-state index in [9.17, 15) is 9.59 Å². The largest absolute Gasteiger partial charge is 0.458 e. The average molecular weight is 492 g/mol. The van der Waals surface area contributed by atoms with Crippen molar-refractivity contribution in [2.75, 3.05) is 19.8 Å². The summed E-state index contributed by atoms with van der Waals surface area (Å²) in [4.78, 5) is 23.7. The van der Waals surface area contributed by atoms with Crippen LogP contribution in [0.1, 0.15) is 60.8 Å². The van der Waals surface area contributed by atoms with Crippen LogP contribution < -0.4 is 5.32 Å². The first-order valence-corrected chi connectivity index (χ1v) is 12.5. The van der Waals surface area contributed by atoms with Crippen molar-refractivity contribution in [3.63, 3.8) is 0 Å². The Morgan fingerprint density at radius 1 is 1.14 bits per heavy atom. The average Bonchev–Trinajstić information content (AvgIpc) is 3.51. The summed E-state index contributed by atoms with van der Waals surface area (Å²) in [5.41, 5.74) is 0.951. The number of epoxide rings is 1. The third-order valence-corrected chi connectivity index (χ3v) is 6.16. The second-order valence-corrected chi connectivity index (χ2v) is 10.8. The van der Waals surface area contributed by atoms with Gasteiger partial charge < -0.3 is 29.0 Å². The van der Waals surface area contributed by atoms with Gasteiger partial charge in [-0.1, -0.05) is 37.6 Å². The first-order valence-electron chi connectivity index (χ1n) is 12.5. The summed E-state index contributed by atoms with van der Waals surface area (Å²) in [6.07, 6.45) is 10.9. The topological polar surface area (TPSA) is 95.6 Å². The van der Waals surface area contributed by atoms with E-state index < -0.39 is 6.10 Å². The lowest BCUT2D eigenvalue weighted by Crippen LogP contribution is -2.46. The van der Waals surface area contributed by atoms with Crippen LogP contribution in [0.3, 0.4) is 0 Å². The van der Waals surface area contributed by atoms with Gasteiger partial charge in [0.2, 0.25) is 5.91 Å². The molecular weight excluding hydrogens is 450 g/mol. The maximum absolute atomic E-state index is 12.1. The van der Waals surface area contributed by atoms with E-state index in [4.69, 9.17) is 23.7 Å². The molecule has 0 unspecified atom stereocenters. The monoisotopic (exact) mass is 491 g/mol. The molecule has 0 aromatic rings. The van der Waals surface area contributed by atoms with Crippen LogP contribution in [0, 0.1) is 5.92 Å². The number of carbonyl (C=O) groups excluding carboxylic acids is 2. The minimum absolute atomic E-state index is 0.0126. The minimum atomic E-state index is -0.470. The van der Waals surface area contributed by atoms with Crippen molar-refractivity contribution in [1.82, 2.24) is 5.32 Å². The van der Waals surface area contributed by atoms with Gasteiger partial charge in [0.1, 0.15) is 6.10 Å². The minimum Gasteiger partial charge on any atom is -0.458 e. The number of ether oxygens (including phenoxy) is 5. The highest BCUT2D eigenvalue weighted by atomic mass is 16.7. The first kappa shape index (κ1) is 27.6. The summed E-state index contributed by atoms with van der Waals surface area (Å²) in [6.45, 7) is 13.1. The fourth-order valence-electron chi connectivity index (χ4n) is 4.34. The molecule has 0 saturated carbocycles. The Morgan fingerprint density at radius 3 is 2.46 bits per heavy atom. The van der Waals surface area contributed by atoms with Crippen LogP contribution in [0.25, 0.3) is 0 Å². The molecule has 1 spiro atoms. The van der Waals surface area contributed by atoms with Gasteiger partial charge in [-0.05, 0) is 33.8 Å². The SMILES string of the molecule is CC(/C=C/[C@@H]1C[C@]2(CO2)CC(C)(C)O1)=C\C[C@H]1OC[C@@H](NC(=O)/C=C\[C@H](C)OC(=O)C(C)C)CO1. The highest BCUT2D eigenvalue weighted by molar-refractivity contribution is 5.87.